The van der Waals surface area contributed by atoms with Gasteiger partial charge in [-0.05, 0) is 37.3 Å². The van der Waals surface area contributed by atoms with Gasteiger partial charge in [0.2, 0.25) is 5.91 Å². The minimum atomic E-state index is -0.316. The number of hydrogen-bond donors (Lipinski definition) is 1. The van der Waals surface area contributed by atoms with E-state index < -0.39 is 0 Å². The van der Waals surface area contributed by atoms with Crippen molar-refractivity contribution in [1.29, 1.82) is 0 Å². The first kappa shape index (κ1) is 15.7. The molecule has 0 aromatic heterocycles. The van der Waals surface area contributed by atoms with Gasteiger partial charge in [0.05, 0.1) is 0 Å². The van der Waals surface area contributed by atoms with E-state index >= 15 is 0 Å². The van der Waals surface area contributed by atoms with Crippen molar-refractivity contribution in [1.82, 2.24) is 0 Å². The van der Waals surface area contributed by atoms with Crippen molar-refractivity contribution in [3.63, 3.8) is 0 Å². The van der Waals surface area contributed by atoms with Gasteiger partial charge >= 0.3 is 0 Å². The molecule has 106 valence electrons. The fourth-order valence-electron chi connectivity index (χ4n) is 2.46. The summed E-state index contributed by atoms with van der Waals surface area (Å²) in [5, 5.41) is 3.04. The number of amides is 1. The molecule has 0 saturated heterocycles. The molecule has 19 heavy (non-hydrogen) atoms. The molecule has 1 aromatic rings. The van der Waals surface area contributed by atoms with Crippen LogP contribution in [-0.4, -0.2) is 5.91 Å². The van der Waals surface area contributed by atoms with E-state index in [2.05, 4.69) is 39.9 Å². The highest BCUT2D eigenvalue weighted by atomic mass is 16.2. The Labute approximate surface area is 117 Å². The molecule has 0 radical (unpaired) electrons. The summed E-state index contributed by atoms with van der Waals surface area (Å²) < 4.78 is 0. The van der Waals surface area contributed by atoms with Crippen LogP contribution >= 0.6 is 0 Å². The molecule has 0 fully saturated rings. The van der Waals surface area contributed by atoms with Gasteiger partial charge in [-0.3, -0.25) is 4.79 Å². The highest BCUT2D eigenvalue weighted by Crippen LogP contribution is 2.37. The van der Waals surface area contributed by atoms with Crippen molar-refractivity contribution >= 4 is 11.6 Å². The second-order valence-corrected chi connectivity index (χ2v) is 6.97. The van der Waals surface area contributed by atoms with Crippen LogP contribution in [0.1, 0.15) is 53.0 Å². The van der Waals surface area contributed by atoms with Gasteiger partial charge in [0.15, 0.2) is 0 Å². The molecule has 2 nitrogen and oxygen atoms in total. The molecule has 2 heteroatoms. The number of nitrogens with one attached hydrogen (secondary N) is 1. The highest BCUT2D eigenvalue weighted by molar-refractivity contribution is 5.95. The van der Waals surface area contributed by atoms with Crippen molar-refractivity contribution < 1.29 is 4.79 Å². The average Bonchev–Trinajstić information content (AvgIpc) is 2.29. The summed E-state index contributed by atoms with van der Waals surface area (Å²) in [6.45, 7) is 12.7. The van der Waals surface area contributed by atoms with Crippen LogP contribution in [0.5, 0.6) is 0 Å². The molecular weight excluding hydrogens is 234 g/mol. The van der Waals surface area contributed by atoms with E-state index in [9.17, 15) is 4.79 Å². The zero-order chi connectivity index (χ0) is 14.7. The van der Waals surface area contributed by atoms with Gasteiger partial charge in [-0.1, -0.05) is 52.3 Å². The molecule has 0 aliphatic carbocycles. The zero-order valence-corrected chi connectivity index (χ0v) is 13.1. The Kier molecular flexibility index (Phi) is 4.78. The van der Waals surface area contributed by atoms with Crippen molar-refractivity contribution in [2.75, 3.05) is 5.32 Å². The first-order valence-corrected chi connectivity index (χ1v) is 7.04. The van der Waals surface area contributed by atoms with Gasteiger partial charge in [0.25, 0.3) is 0 Å². The lowest BCUT2D eigenvalue weighted by Crippen LogP contribution is -2.36. The molecule has 0 aliphatic heterocycles. The molecule has 0 spiro atoms. The minimum Gasteiger partial charge on any atom is -0.326 e. The fraction of sp³-hybridized carbons (Fsp3) is 0.588. The molecule has 1 N–H and O–H groups in total. The van der Waals surface area contributed by atoms with Crippen molar-refractivity contribution in [3.8, 4) is 0 Å². The number of hydrogen-bond acceptors (Lipinski definition) is 1. The first-order chi connectivity index (χ1) is 8.66. The summed E-state index contributed by atoms with van der Waals surface area (Å²) in [7, 11) is 0. The Morgan fingerprint density at radius 1 is 1.11 bits per heavy atom. The number of anilines is 1. The van der Waals surface area contributed by atoms with Gasteiger partial charge in [-0.25, -0.2) is 0 Å². The third-order valence-electron chi connectivity index (χ3n) is 3.56. The average molecular weight is 261 g/mol. The van der Waals surface area contributed by atoms with E-state index in [0.717, 1.165) is 18.5 Å². The van der Waals surface area contributed by atoms with Crippen molar-refractivity contribution in [2.24, 2.45) is 10.8 Å². The molecule has 0 aliphatic rings. The van der Waals surface area contributed by atoms with Crippen LogP contribution in [0, 0.1) is 17.8 Å². The number of benzene rings is 1. The molecule has 1 unspecified atom stereocenters. The second kappa shape index (κ2) is 5.77. The van der Waals surface area contributed by atoms with Gasteiger partial charge in [-0.2, -0.15) is 0 Å². The maximum atomic E-state index is 12.5. The van der Waals surface area contributed by atoms with Crippen molar-refractivity contribution in [3.05, 3.63) is 29.8 Å². The molecule has 1 rings (SSSR count). The zero-order valence-electron chi connectivity index (χ0n) is 13.1. The van der Waals surface area contributed by atoms with Crippen LogP contribution < -0.4 is 5.32 Å². The van der Waals surface area contributed by atoms with Crippen LogP contribution in [0.15, 0.2) is 24.3 Å². The van der Waals surface area contributed by atoms with Gasteiger partial charge in [0, 0.05) is 11.1 Å². The van der Waals surface area contributed by atoms with Crippen molar-refractivity contribution in [2.45, 2.75) is 54.4 Å². The Bertz CT molecular complexity index is 428. The molecule has 0 heterocycles. The SMILES string of the molecule is CCC(C)(CC(C)(C)C)C(=O)Nc1ccc(C)cc1. The minimum absolute atomic E-state index is 0.119. The molecule has 1 atom stereocenters. The molecular formula is C17H27NO. The van der Waals surface area contributed by atoms with Gasteiger partial charge in [-0.15, -0.1) is 0 Å². The molecule has 1 aromatic carbocycles. The predicted octanol–water partition coefficient (Wildman–Crippen LogP) is 4.79. The third-order valence-corrected chi connectivity index (χ3v) is 3.56. The standard InChI is InChI=1S/C17H27NO/c1-7-17(6,12-16(3,4)5)15(19)18-14-10-8-13(2)9-11-14/h8-11H,7,12H2,1-6H3,(H,18,19). The maximum absolute atomic E-state index is 12.5. The predicted molar refractivity (Wildman–Crippen MR) is 82.3 cm³/mol. The Hall–Kier alpha value is -1.31. The molecule has 0 bridgehead atoms. The summed E-state index contributed by atoms with van der Waals surface area (Å²) >= 11 is 0. The van der Waals surface area contributed by atoms with E-state index in [1.54, 1.807) is 0 Å². The van der Waals surface area contributed by atoms with E-state index in [4.69, 9.17) is 0 Å². The number of aryl methyl sites for hydroxylation is 1. The summed E-state index contributed by atoms with van der Waals surface area (Å²) in [5.74, 6) is 0.119. The van der Waals surface area contributed by atoms with E-state index in [1.165, 1.54) is 5.56 Å². The topological polar surface area (TPSA) is 29.1 Å². The van der Waals surface area contributed by atoms with E-state index in [1.807, 2.05) is 31.2 Å². The quantitative estimate of drug-likeness (QED) is 0.829. The normalized spacial score (nSPS) is 14.8. The summed E-state index contributed by atoms with van der Waals surface area (Å²) in [6, 6.07) is 7.95. The van der Waals surface area contributed by atoms with Gasteiger partial charge in [0.1, 0.15) is 0 Å². The number of rotatable bonds is 4. The van der Waals surface area contributed by atoms with Crippen LogP contribution in [0.4, 0.5) is 5.69 Å². The Morgan fingerprint density at radius 3 is 2.05 bits per heavy atom. The molecule has 0 saturated carbocycles. The number of carbonyl (C=O) groups excluding carboxylic acids is 1. The fourth-order valence-corrected chi connectivity index (χ4v) is 2.46. The largest absolute Gasteiger partial charge is 0.326 e. The van der Waals surface area contributed by atoms with Gasteiger partial charge < -0.3 is 5.32 Å². The first-order valence-electron chi connectivity index (χ1n) is 7.04. The Morgan fingerprint density at radius 2 is 1.63 bits per heavy atom. The smallest absolute Gasteiger partial charge is 0.230 e. The lowest BCUT2D eigenvalue weighted by atomic mass is 9.73. The maximum Gasteiger partial charge on any atom is 0.230 e. The third kappa shape index (κ3) is 4.70. The van der Waals surface area contributed by atoms with Crippen LogP contribution in [0.25, 0.3) is 0 Å². The van der Waals surface area contributed by atoms with Crippen LogP contribution in [0.2, 0.25) is 0 Å². The van der Waals surface area contributed by atoms with Crippen LogP contribution in [0.3, 0.4) is 0 Å². The second-order valence-electron chi connectivity index (χ2n) is 6.97. The highest BCUT2D eigenvalue weighted by Gasteiger charge is 2.35. The molecule has 1 amide bonds. The van der Waals surface area contributed by atoms with E-state index in [-0.39, 0.29) is 16.7 Å². The van der Waals surface area contributed by atoms with E-state index in [0.29, 0.717) is 0 Å². The lowest BCUT2D eigenvalue weighted by Gasteiger charge is -2.33. The Balaban J connectivity index is 2.81. The lowest BCUT2D eigenvalue weighted by molar-refractivity contribution is -0.126. The summed E-state index contributed by atoms with van der Waals surface area (Å²) in [5.41, 5.74) is 1.91. The van der Waals surface area contributed by atoms with Crippen LogP contribution in [-0.2, 0) is 4.79 Å². The number of carbonyl (C=O) groups is 1. The summed E-state index contributed by atoms with van der Waals surface area (Å²) in [6.07, 6.45) is 1.73. The summed E-state index contributed by atoms with van der Waals surface area (Å²) in [4.78, 5) is 12.5. The monoisotopic (exact) mass is 261 g/mol.